The van der Waals surface area contributed by atoms with Crippen LogP contribution in [0.2, 0.25) is 0 Å². The summed E-state index contributed by atoms with van der Waals surface area (Å²) in [5.41, 5.74) is 0. The highest BCUT2D eigenvalue weighted by molar-refractivity contribution is 7.89. The molecule has 0 saturated carbocycles. The standard InChI is InChI=1S/C12H19N3O3S/c1-3-13-12-5-4-11(8-14-12)19(16,17)15-6-7-18-10(2)9-15/h4-5,8,10H,3,6-7,9H2,1-2H3,(H,13,14). The van der Waals surface area contributed by atoms with Crippen molar-refractivity contribution in [2.75, 3.05) is 31.6 Å². The smallest absolute Gasteiger partial charge is 0.244 e. The number of hydrogen-bond acceptors (Lipinski definition) is 5. The summed E-state index contributed by atoms with van der Waals surface area (Å²) in [6.07, 6.45) is 1.32. The van der Waals surface area contributed by atoms with E-state index in [4.69, 9.17) is 4.74 Å². The summed E-state index contributed by atoms with van der Waals surface area (Å²) in [6, 6.07) is 3.26. The zero-order valence-corrected chi connectivity index (χ0v) is 12.0. The Balaban J connectivity index is 2.18. The molecule has 0 radical (unpaired) electrons. The predicted molar refractivity (Wildman–Crippen MR) is 72.6 cm³/mol. The van der Waals surface area contributed by atoms with E-state index in [9.17, 15) is 8.42 Å². The molecule has 106 valence electrons. The van der Waals surface area contributed by atoms with Crippen LogP contribution in [0.25, 0.3) is 0 Å². The van der Waals surface area contributed by atoms with Gasteiger partial charge in [0.15, 0.2) is 0 Å². The maximum atomic E-state index is 12.4. The molecule has 1 atom stereocenters. The number of pyridine rings is 1. The van der Waals surface area contributed by atoms with Gasteiger partial charge >= 0.3 is 0 Å². The van der Waals surface area contributed by atoms with Crippen LogP contribution in [-0.2, 0) is 14.8 Å². The molecule has 0 aromatic carbocycles. The van der Waals surface area contributed by atoms with Gasteiger partial charge in [-0.3, -0.25) is 0 Å². The second-order valence-corrected chi connectivity index (χ2v) is 6.39. The molecule has 1 aromatic heterocycles. The van der Waals surface area contributed by atoms with Crippen LogP contribution in [0, 0.1) is 0 Å². The summed E-state index contributed by atoms with van der Waals surface area (Å²) in [4.78, 5) is 4.33. The van der Waals surface area contributed by atoms with Crippen LogP contribution in [0.15, 0.2) is 23.2 Å². The number of anilines is 1. The molecule has 19 heavy (non-hydrogen) atoms. The molecule has 6 nitrogen and oxygen atoms in total. The van der Waals surface area contributed by atoms with Gasteiger partial charge in [0.2, 0.25) is 10.0 Å². The number of morpholine rings is 1. The first-order valence-corrected chi connectivity index (χ1v) is 7.79. The third-order valence-corrected chi connectivity index (χ3v) is 4.78. The van der Waals surface area contributed by atoms with Gasteiger partial charge in [0, 0.05) is 25.8 Å². The van der Waals surface area contributed by atoms with Gasteiger partial charge in [0.1, 0.15) is 10.7 Å². The number of hydrogen-bond donors (Lipinski definition) is 1. The molecular formula is C12H19N3O3S. The lowest BCUT2D eigenvalue weighted by molar-refractivity contribution is 0.0102. The Morgan fingerprint density at radius 2 is 2.32 bits per heavy atom. The molecule has 1 saturated heterocycles. The molecule has 2 heterocycles. The van der Waals surface area contributed by atoms with E-state index in [1.807, 2.05) is 13.8 Å². The Kier molecular flexibility index (Phi) is 4.38. The van der Waals surface area contributed by atoms with Crippen LogP contribution in [0.3, 0.4) is 0 Å². The van der Waals surface area contributed by atoms with Crippen molar-refractivity contribution in [3.05, 3.63) is 18.3 Å². The lowest BCUT2D eigenvalue weighted by Crippen LogP contribution is -2.44. The van der Waals surface area contributed by atoms with Gasteiger partial charge in [-0.2, -0.15) is 4.31 Å². The maximum absolute atomic E-state index is 12.4. The summed E-state index contributed by atoms with van der Waals surface area (Å²) in [7, 11) is -3.46. The van der Waals surface area contributed by atoms with Crippen LogP contribution in [0.4, 0.5) is 5.82 Å². The van der Waals surface area contributed by atoms with Crippen molar-refractivity contribution in [2.45, 2.75) is 24.8 Å². The zero-order valence-electron chi connectivity index (χ0n) is 11.2. The van der Waals surface area contributed by atoms with Crippen molar-refractivity contribution in [3.63, 3.8) is 0 Å². The molecule has 1 aliphatic rings. The van der Waals surface area contributed by atoms with E-state index in [-0.39, 0.29) is 11.0 Å². The van der Waals surface area contributed by atoms with Gasteiger partial charge in [-0.05, 0) is 26.0 Å². The van der Waals surface area contributed by atoms with E-state index in [1.165, 1.54) is 10.5 Å². The Hall–Kier alpha value is -1.18. The van der Waals surface area contributed by atoms with Crippen LogP contribution < -0.4 is 5.32 Å². The highest BCUT2D eigenvalue weighted by Crippen LogP contribution is 2.19. The average molecular weight is 285 g/mol. The monoisotopic (exact) mass is 285 g/mol. The van der Waals surface area contributed by atoms with Gasteiger partial charge in [0.05, 0.1) is 12.7 Å². The van der Waals surface area contributed by atoms with Crippen molar-refractivity contribution in [2.24, 2.45) is 0 Å². The fourth-order valence-corrected chi connectivity index (χ4v) is 3.42. The van der Waals surface area contributed by atoms with Crippen LogP contribution in [0.1, 0.15) is 13.8 Å². The van der Waals surface area contributed by atoms with Crippen molar-refractivity contribution in [3.8, 4) is 0 Å². The van der Waals surface area contributed by atoms with Crippen molar-refractivity contribution < 1.29 is 13.2 Å². The van der Waals surface area contributed by atoms with Gasteiger partial charge in [-0.25, -0.2) is 13.4 Å². The Bertz CT molecular complexity index is 516. The Labute approximate surface area is 113 Å². The number of aromatic nitrogens is 1. The van der Waals surface area contributed by atoms with Crippen molar-refractivity contribution >= 4 is 15.8 Å². The molecule has 7 heteroatoms. The molecule has 2 rings (SSSR count). The number of ether oxygens (including phenoxy) is 1. The summed E-state index contributed by atoms with van der Waals surface area (Å²) in [6.45, 7) is 5.79. The number of nitrogens with one attached hydrogen (secondary N) is 1. The predicted octanol–water partition coefficient (Wildman–Crippen LogP) is 0.923. The van der Waals surface area contributed by atoms with Crippen LogP contribution >= 0.6 is 0 Å². The Morgan fingerprint density at radius 3 is 2.89 bits per heavy atom. The minimum atomic E-state index is -3.46. The summed E-state index contributed by atoms with van der Waals surface area (Å²) < 4.78 is 31.6. The average Bonchev–Trinajstić information content (AvgIpc) is 2.40. The van der Waals surface area contributed by atoms with E-state index in [2.05, 4.69) is 10.3 Å². The fraction of sp³-hybridized carbons (Fsp3) is 0.583. The number of nitrogens with zero attached hydrogens (tertiary/aromatic N) is 2. The molecule has 0 spiro atoms. The van der Waals surface area contributed by atoms with Crippen molar-refractivity contribution in [1.82, 2.24) is 9.29 Å². The fourth-order valence-electron chi connectivity index (χ4n) is 1.97. The first kappa shape index (κ1) is 14.2. The number of rotatable bonds is 4. The molecule has 1 fully saturated rings. The summed E-state index contributed by atoms with van der Waals surface area (Å²) in [5, 5.41) is 3.03. The van der Waals surface area contributed by atoms with E-state index in [0.717, 1.165) is 6.54 Å². The molecule has 0 bridgehead atoms. The molecule has 1 aliphatic heterocycles. The Morgan fingerprint density at radius 1 is 1.53 bits per heavy atom. The van der Waals surface area contributed by atoms with Gasteiger partial charge in [0.25, 0.3) is 0 Å². The SMILES string of the molecule is CCNc1ccc(S(=O)(=O)N2CCOC(C)C2)cn1. The summed E-state index contributed by atoms with van der Waals surface area (Å²) >= 11 is 0. The van der Waals surface area contributed by atoms with Gasteiger partial charge in [-0.15, -0.1) is 0 Å². The van der Waals surface area contributed by atoms with E-state index in [0.29, 0.717) is 25.5 Å². The first-order chi connectivity index (χ1) is 9.04. The molecule has 0 amide bonds. The lowest BCUT2D eigenvalue weighted by Gasteiger charge is -2.30. The largest absolute Gasteiger partial charge is 0.376 e. The second-order valence-electron chi connectivity index (χ2n) is 4.45. The quantitative estimate of drug-likeness (QED) is 0.891. The first-order valence-electron chi connectivity index (χ1n) is 6.35. The molecule has 0 aliphatic carbocycles. The minimum Gasteiger partial charge on any atom is -0.376 e. The molecule has 1 aromatic rings. The normalized spacial score (nSPS) is 21.3. The van der Waals surface area contributed by atoms with Crippen LogP contribution in [0.5, 0.6) is 0 Å². The maximum Gasteiger partial charge on any atom is 0.244 e. The van der Waals surface area contributed by atoms with E-state index >= 15 is 0 Å². The highest BCUT2D eigenvalue weighted by Gasteiger charge is 2.29. The molecular weight excluding hydrogens is 266 g/mol. The summed E-state index contributed by atoms with van der Waals surface area (Å²) in [5.74, 6) is 0.678. The zero-order chi connectivity index (χ0) is 13.9. The lowest BCUT2D eigenvalue weighted by atomic mass is 10.3. The van der Waals surface area contributed by atoms with E-state index in [1.54, 1.807) is 12.1 Å². The number of sulfonamides is 1. The molecule has 1 N–H and O–H groups in total. The highest BCUT2D eigenvalue weighted by atomic mass is 32.2. The van der Waals surface area contributed by atoms with Crippen molar-refractivity contribution in [1.29, 1.82) is 0 Å². The topological polar surface area (TPSA) is 71.5 Å². The molecule has 1 unspecified atom stereocenters. The van der Waals surface area contributed by atoms with Crippen LogP contribution in [-0.4, -0.2) is 50.1 Å². The van der Waals surface area contributed by atoms with Gasteiger partial charge in [-0.1, -0.05) is 0 Å². The third kappa shape index (κ3) is 3.23. The van der Waals surface area contributed by atoms with E-state index < -0.39 is 10.0 Å². The van der Waals surface area contributed by atoms with Gasteiger partial charge < -0.3 is 10.1 Å². The second kappa shape index (κ2) is 5.85. The minimum absolute atomic E-state index is 0.0717. The third-order valence-electron chi connectivity index (χ3n) is 2.94.